The van der Waals surface area contributed by atoms with Crippen molar-refractivity contribution >= 4 is 16.9 Å². The third-order valence-corrected chi connectivity index (χ3v) is 3.62. The minimum Gasteiger partial charge on any atom is -0.478 e. The van der Waals surface area contributed by atoms with E-state index in [0.717, 1.165) is 13.0 Å². The average Bonchev–Trinajstić information content (AvgIpc) is 2.75. The molecule has 1 unspecified atom stereocenters. The van der Waals surface area contributed by atoms with Crippen molar-refractivity contribution in [2.75, 3.05) is 13.6 Å². The SMILES string of the molecule is CCC(C)CN(C)Cc1oc2ccccc2c1C(=O)O. The maximum absolute atomic E-state index is 11.5. The quantitative estimate of drug-likeness (QED) is 0.875. The molecule has 0 saturated carbocycles. The van der Waals surface area contributed by atoms with Crippen LogP contribution in [0.2, 0.25) is 0 Å². The highest BCUT2D eigenvalue weighted by atomic mass is 16.4. The summed E-state index contributed by atoms with van der Waals surface area (Å²) < 4.78 is 5.72. The van der Waals surface area contributed by atoms with Crippen LogP contribution in [-0.4, -0.2) is 29.6 Å². The molecule has 1 aromatic carbocycles. The van der Waals surface area contributed by atoms with Gasteiger partial charge in [-0.2, -0.15) is 0 Å². The third-order valence-electron chi connectivity index (χ3n) is 3.62. The minimum atomic E-state index is -0.929. The van der Waals surface area contributed by atoms with Gasteiger partial charge in [0, 0.05) is 11.9 Å². The molecule has 1 atom stereocenters. The van der Waals surface area contributed by atoms with Crippen LogP contribution in [-0.2, 0) is 6.54 Å². The Kier molecular flexibility index (Phi) is 4.45. The Bertz CT molecular complexity index is 603. The van der Waals surface area contributed by atoms with Crippen molar-refractivity contribution < 1.29 is 14.3 Å². The molecule has 4 nitrogen and oxygen atoms in total. The van der Waals surface area contributed by atoms with E-state index in [4.69, 9.17) is 4.42 Å². The summed E-state index contributed by atoms with van der Waals surface area (Å²) in [6, 6.07) is 7.28. The van der Waals surface area contributed by atoms with Crippen molar-refractivity contribution in [3.8, 4) is 0 Å². The Balaban J connectivity index is 2.29. The Labute approximate surface area is 119 Å². The van der Waals surface area contributed by atoms with Crippen LogP contribution in [0.25, 0.3) is 11.0 Å². The maximum atomic E-state index is 11.5. The summed E-state index contributed by atoms with van der Waals surface area (Å²) >= 11 is 0. The van der Waals surface area contributed by atoms with E-state index in [1.54, 1.807) is 12.1 Å². The van der Waals surface area contributed by atoms with Gasteiger partial charge in [-0.25, -0.2) is 4.79 Å². The minimum absolute atomic E-state index is 0.289. The van der Waals surface area contributed by atoms with Crippen molar-refractivity contribution in [2.45, 2.75) is 26.8 Å². The molecule has 0 fully saturated rings. The van der Waals surface area contributed by atoms with Gasteiger partial charge in [0.05, 0.1) is 6.54 Å². The number of fused-ring (bicyclic) bond motifs is 1. The number of hydrogen-bond donors (Lipinski definition) is 1. The Morgan fingerprint density at radius 1 is 1.40 bits per heavy atom. The zero-order chi connectivity index (χ0) is 14.7. The van der Waals surface area contributed by atoms with E-state index >= 15 is 0 Å². The highest BCUT2D eigenvalue weighted by molar-refractivity contribution is 6.03. The van der Waals surface area contributed by atoms with Gasteiger partial charge >= 0.3 is 5.97 Å². The number of hydrogen-bond acceptors (Lipinski definition) is 3. The molecule has 0 bridgehead atoms. The second kappa shape index (κ2) is 6.09. The number of carboxylic acid groups (broad SMARTS) is 1. The molecular weight excluding hydrogens is 254 g/mol. The van der Waals surface area contributed by atoms with Crippen LogP contribution in [0.3, 0.4) is 0 Å². The van der Waals surface area contributed by atoms with Crippen LogP contribution in [0.4, 0.5) is 0 Å². The molecule has 0 spiro atoms. The molecule has 20 heavy (non-hydrogen) atoms. The van der Waals surface area contributed by atoms with E-state index in [1.165, 1.54) is 0 Å². The molecule has 4 heteroatoms. The molecule has 2 aromatic rings. The van der Waals surface area contributed by atoms with Gasteiger partial charge in [-0.3, -0.25) is 4.90 Å². The Morgan fingerprint density at radius 3 is 2.75 bits per heavy atom. The number of carboxylic acids is 1. The number of carbonyl (C=O) groups is 1. The summed E-state index contributed by atoms with van der Waals surface area (Å²) in [7, 11) is 1.99. The summed E-state index contributed by atoms with van der Waals surface area (Å²) in [6.45, 7) is 5.78. The average molecular weight is 275 g/mol. The fourth-order valence-electron chi connectivity index (χ4n) is 2.41. The predicted octanol–water partition coefficient (Wildman–Crippen LogP) is 3.61. The van der Waals surface area contributed by atoms with Crippen LogP contribution in [0, 0.1) is 5.92 Å². The van der Waals surface area contributed by atoms with Crippen LogP contribution in [0.5, 0.6) is 0 Å². The maximum Gasteiger partial charge on any atom is 0.339 e. The van der Waals surface area contributed by atoms with Crippen LogP contribution >= 0.6 is 0 Å². The molecule has 0 aliphatic rings. The number of nitrogens with zero attached hydrogens (tertiary/aromatic N) is 1. The Morgan fingerprint density at radius 2 is 2.10 bits per heavy atom. The van der Waals surface area contributed by atoms with Crippen LogP contribution in [0.15, 0.2) is 28.7 Å². The van der Waals surface area contributed by atoms with Crippen molar-refractivity contribution in [1.82, 2.24) is 4.90 Å². The fraction of sp³-hybridized carbons (Fsp3) is 0.438. The van der Waals surface area contributed by atoms with Gasteiger partial charge in [-0.05, 0) is 19.0 Å². The molecule has 0 amide bonds. The van der Waals surface area contributed by atoms with E-state index in [-0.39, 0.29) is 5.56 Å². The molecule has 0 aliphatic carbocycles. The molecule has 0 radical (unpaired) electrons. The fourth-order valence-corrected chi connectivity index (χ4v) is 2.41. The van der Waals surface area contributed by atoms with Crippen molar-refractivity contribution in [3.63, 3.8) is 0 Å². The number of furan rings is 1. The van der Waals surface area contributed by atoms with Gasteiger partial charge in [0.1, 0.15) is 16.9 Å². The lowest BCUT2D eigenvalue weighted by Gasteiger charge is -2.19. The summed E-state index contributed by atoms with van der Waals surface area (Å²) in [6.07, 6.45) is 1.11. The van der Waals surface area contributed by atoms with Crippen LogP contribution in [0.1, 0.15) is 36.4 Å². The van der Waals surface area contributed by atoms with E-state index in [1.807, 2.05) is 19.2 Å². The molecule has 1 aromatic heterocycles. The monoisotopic (exact) mass is 275 g/mol. The molecule has 0 saturated heterocycles. The molecule has 2 rings (SSSR count). The van der Waals surface area contributed by atoms with Crippen molar-refractivity contribution in [2.24, 2.45) is 5.92 Å². The summed E-state index contributed by atoms with van der Waals surface area (Å²) in [5.41, 5.74) is 0.924. The van der Waals surface area contributed by atoms with Gasteiger partial charge in [0.25, 0.3) is 0 Å². The van der Waals surface area contributed by atoms with Gasteiger partial charge in [0.2, 0.25) is 0 Å². The first-order chi connectivity index (χ1) is 9.52. The lowest BCUT2D eigenvalue weighted by molar-refractivity contribution is 0.0694. The molecule has 1 N–H and O–H groups in total. The van der Waals surface area contributed by atoms with Crippen LogP contribution < -0.4 is 0 Å². The second-order valence-electron chi connectivity index (χ2n) is 5.41. The van der Waals surface area contributed by atoms with E-state index in [0.29, 0.717) is 29.2 Å². The van der Waals surface area contributed by atoms with E-state index in [9.17, 15) is 9.90 Å². The zero-order valence-electron chi connectivity index (χ0n) is 12.2. The second-order valence-corrected chi connectivity index (χ2v) is 5.41. The normalized spacial score (nSPS) is 13.0. The van der Waals surface area contributed by atoms with E-state index in [2.05, 4.69) is 18.7 Å². The number of aromatic carboxylic acids is 1. The topological polar surface area (TPSA) is 53.7 Å². The largest absolute Gasteiger partial charge is 0.478 e. The Hall–Kier alpha value is -1.81. The standard InChI is InChI=1S/C16H21NO3/c1-4-11(2)9-17(3)10-14-15(16(18)19)12-7-5-6-8-13(12)20-14/h5-8,11H,4,9-10H2,1-3H3,(H,18,19). The first-order valence-electron chi connectivity index (χ1n) is 6.95. The van der Waals surface area contributed by atoms with Gasteiger partial charge in [-0.1, -0.05) is 38.5 Å². The molecule has 1 heterocycles. The third kappa shape index (κ3) is 3.02. The van der Waals surface area contributed by atoms with Crippen molar-refractivity contribution in [3.05, 3.63) is 35.6 Å². The lowest BCUT2D eigenvalue weighted by Crippen LogP contribution is -2.24. The molecule has 108 valence electrons. The number of rotatable bonds is 6. The summed E-state index contributed by atoms with van der Waals surface area (Å²) in [4.78, 5) is 13.6. The summed E-state index contributed by atoms with van der Waals surface area (Å²) in [5, 5.41) is 10.1. The molecule has 0 aliphatic heterocycles. The number of para-hydroxylation sites is 1. The first kappa shape index (κ1) is 14.6. The number of benzene rings is 1. The first-order valence-corrected chi connectivity index (χ1v) is 6.95. The van der Waals surface area contributed by atoms with Gasteiger partial charge in [-0.15, -0.1) is 0 Å². The van der Waals surface area contributed by atoms with Gasteiger partial charge in [0.15, 0.2) is 0 Å². The van der Waals surface area contributed by atoms with Gasteiger partial charge < -0.3 is 9.52 Å². The highest BCUT2D eigenvalue weighted by Crippen LogP contribution is 2.26. The summed E-state index contributed by atoms with van der Waals surface area (Å²) in [5.74, 6) is 0.184. The molecular formula is C16H21NO3. The smallest absolute Gasteiger partial charge is 0.339 e. The highest BCUT2D eigenvalue weighted by Gasteiger charge is 2.21. The predicted molar refractivity (Wildman–Crippen MR) is 79.0 cm³/mol. The zero-order valence-corrected chi connectivity index (χ0v) is 12.2. The van der Waals surface area contributed by atoms with Crippen molar-refractivity contribution in [1.29, 1.82) is 0 Å². The lowest BCUT2D eigenvalue weighted by atomic mass is 10.1. The van der Waals surface area contributed by atoms with E-state index < -0.39 is 5.97 Å².